The topological polar surface area (TPSA) is 71.1 Å². The van der Waals surface area contributed by atoms with Crippen molar-refractivity contribution in [1.29, 1.82) is 0 Å². The summed E-state index contributed by atoms with van der Waals surface area (Å²) in [5.41, 5.74) is 0. The lowest BCUT2D eigenvalue weighted by Crippen LogP contribution is -2.18. The molecule has 0 radical (unpaired) electrons. The number of hydrogen-bond donors (Lipinski definition) is 0. The maximum absolute atomic E-state index is 11.5. The highest BCUT2D eigenvalue weighted by Crippen LogP contribution is 2.39. The minimum Gasteiger partial charge on any atom is -0.466 e. The highest BCUT2D eigenvalue weighted by atomic mass is 33.1. The van der Waals surface area contributed by atoms with Crippen LogP contribution >= 0.6 is 21.6 Å². The standard InChI is InChI=1S/C15H26O6S2/c1-12(18-2)21-15(17)20-10-5-9-19-14(16)7-4-3-6-13-8-11-22-23-13/h12-13H,3-11H2,1-2H3. The molecule has 1 fully saturated rings. The Morgan fingerprint density at radius 2 is 1.96 bits per heavy atom. The molecule has 134 valence electrons. The summed E-state index contributed by atoms with van der Waals surface area (Å²) in [5.74, 6) is 1.06. The molecule has 0 saturated carbocycles. The zero-order chi connectivity index (χ0) is 16.9. The van der Waals surface area contributed by atoms with Crippen molar-refractivity contribution in [3.8, 4) is 0 Å². The molecule has 0 aliphatic carbocycles. The van der Waals surface area contributed by atoms with Crippen molar-refractivity contribution >= 4 is 33.7 Å². The van der Waals surface area contributed by atoms with E-state index in [1.165, 1.54) is 25.7 Å². The fourth-order valence-corrected chi connectivity index (χ4v) is 4.92. The first-order valence-corrected chi connectivity index (χ1v) is 10.3. The van der Waals surface area contributed by atoms with Gasteiger partial charge in [0, 0.05) is 31.0 Å². The van der Waals surface area contributed by atoms with Crippen LogP contribution in [0.1, 0.15) is 45.4 Å². The Morgan fingerprint density at radius 1 is 1.17 bits per heavy atom. The largest absolute Gasteiger partial charge is 0.510 e. The van der Waals surface area contributed by atoms with Gasteiger partial charge < -0.3 is 18.9 Å². The van der Waals surface area contributed by atoms with Crippen LogP contribution < -0.4 is 0 Å². The van der Waals surface area contributed by atoms with E-state index in [2.05, 4.69) is 0 Å². The summed E-state index contributed by atoms with van der Waals surface area (Å²) >= 11 is 0. The first kappa shape index (κ1) is 20.4. The molecule has 1 rings (SSSR count). The van der Waals surface area contributed by atoms with Gasteiger partial charge in [-0.3, -0.25) is 4.79 Å². The van der Waals surface area contributed by atoms with Crippen LogP contribution in [0.25, 0.3) is 0 Å². The highest BCUT2D eigenvalue weighted by molar-refractivity contribution is 8.77. The van der Waals surface area contributed by atoms with Crippen LogP contribution in [0.3, 0.4) is 0 Å². The first-order valence-electron chi connectivity index (χ1n) is 7.92. The van der Waals surface area contributed by atoms with E-state index in [1.54, 1.807) is 6.92 Å². The van der Waals surface area contributed by atoms with Crippen LogP contribution in [0, 0.1) is 0 Å². The monoisotopic (exact) mass is 366 g/mol. The molecule has 0 aromatic rings. The summed E-state index contributed by atoms with van der Waals surface area (Å²) in [4.78, 5) is 22.7. The van der Waals surface area contributed by atoms with Crippen LogP contribution in [0.4, 0.5) is 4.79 Å². The van der Waals surface area contributed by atoms with Crippen LogP contribution in [0.2, 0.25) is 0 Å². The fourth-order valence-electron chi connectivity index (χ4n) is 1.90. The van der Waals surface area contributed by atoms with Crippen molar-refractivity contribution in [2.45, 2.75) is 57.0 Å². The molecule has 8 heteroatoms. The van der Waals surface area contributed by atoms with Gasteiger partial charge in [-0.05, 0) is 26.2 Å². The fraction of sp³-hybridized carbons (Fsp3) is 0.867. The Hall–Kier alpha value is -0.600. The summed E-state index contributed by atoms with van der Waals surface area (Å²) < 4.78 is 19.4. The van der Waals surface area contributed by atoms with Gasteiger partial charge in [-0.25, -0.2) is 4.79 Å². The third-order valence-electron chi connectivity index (χ3n) is 3.25. The number of rotatable bonds is 11. The Bertz CT molecular complexity index is 347. The number of unbranched alkanes of at least 4 members (excludes halogenated alkanes) is 1. The van der Waals surface area contributed by atoms with Crippen LogP contribution in [0.15, 0.2) is 0 Å². The van der Waals surface area contributed by atoms with Gasteiger partial charge in [0.2, 0.25) is 6.29 Å². The molecule has 2 unspecified atom stereocenters. The zero-order valence-electron chi connectivity index (χ0n) is 13.8. The van der Waals surface area contributed by atoms with E-state index in [0.29, 0.717) is 12.8 Å². The van der Waals surface area contributed by atoms with Crippen molar-refractivity contribution < 1.29 is 28.5 Å². The molecule has 0 spiro atoms. The molecule has 1 aliphatic rings. The summed E-state index contributed by atoms with van der Waals surface area (Å²) in [6, 6.07) is 0. The number of carbonyl (C=O) groups is 2. The van der Waals surface area contributed by atoms with Gasteiger partial charge in [0.15, 0.2) is 0 Å². The maximum Gasteiger partial charge on any atom is 0.510 e. The molecule has 2 atom stereocenters. The summed E-state index contributed by atoms with van der Waals surface area (Å²) in [7, 11) is 5.34. The molecular weight excluding hydrogens is 340 g/mol. The Kier molecular flexibility index (Phi) is 11.4. The van der Waals surface area contributed by atoms with Gasteiger partial charge in [0.05, 0.1) is 13.2 Å². The van der Waals surface area contributed by atoms with E-state index in [-0.39, 0.29) is 19.2 Å². The van der Waals surface area contributed by atoms with Crippen molar-refractivity contribution in [3.05, 3.63) is 0 Å². The maximum atomic E-state index is 11.5. The Balaban J connectivity index is 1.88. The average molecular weight is 367 g/mol. The van der Waals surface area contributed by atoms with E-state index < -0.39 is 12.4 Å². The van der Waals surface area contributed by atoms with E-state index in [9.17, 15) is 9.59 Å². The second-order valence-corrected chi connectivity index (χ2v) is 7.96. The number of ether oxygens (including phenoxy) is 4. The van der Waals surface area contributed by atoms with E-state index in [4.69, 9.17) is 18.9 Å². The van der Waals surface area contributed by atoms with Crippen LogP contribution in [0.5, 0.6) is 0 Å². The van der Waals surface area contributed by atoms with Gasteiger partial charge in [0.1, 0.15) is 0 Å². The first-order chi connectivity index (χ1) is 11.1. The molecule has 1 saturated heterocycles. The van der Waals surface area contributed by atoms with Gasteiger partial charge in [-0.15, -0.1) is 0 Å². The van der Waals surface area contributed by atoms with E-state index in [1.807, 2.05) is 21.6 Å². The smallest absolute Gasteiger partial charge is 0.466 e. The van der Waals surface area contributed by atoms with Crippen LogP contribution in [-0.2, 0) is 23.7 Å². The number of esters is 1. The quantitative estimate of drug-likeness (QED) is 0.237. The second kappa shape index (κ2) is 12.8. The molecule has 0 aromatic carbocycles. The molecule has 0 N–H and O–H groups in total. The van der Waals surface area contributed by atoms with Gasteiger partial charge in [-0.1, -0.05) is 28.0 Å². The second-order valence-electron chi connectivity index (χ2n) is 5.17. The Labute approximate surface area is 145 Å². The van der Waals surface area contributed by atoms with Gasteiger partial charge >= 0.3 is 12.1 Å². The number of methoxy groups -OCH3 is 1. The predicted octanol–water partition coefficient (Wildman–Crippen LogP) is 3.78. The van der Waals surface area contributed by atoms with Crippen molar-refractivity contribution in [3.63, 3.8) is 0 Å². The van der Waals surface area contributed by atoms with Crippen molar-refractivity contribution in [2.24, 2.45) is 0 Å². The third kappa shape index (κ3) is 10.7. The van der Waals surface area contributed by atoms with Crippen molar-refractivity contribution in [1.82, 2.24) is 0 Å². The molecule has 6 nitrogen and oxygen atoms in total. The van der Waals surface area contributed by atoms with Gasteiger partial charge in [-0.2, -0.15) is 0 Å². The molecule has 23 heavy (non-hydrogen) atoms. The van der Waals surface area contributed by atoms with Crippen LogP contribution in [-0.4, -0.2) is 49.7 Å². The molecule has 1 aliphatic heterocycles. The van der Waals surface area contributed by atoms with Crippen molar-refractivity contribution in [2.75, 3.05) is 26.1 Å². The van der Waals surface area contributed by atoms with E-state index >= 15 is 0 Å². The predicted molar refractivity (Wildman–Crippen MR) is 91.4 cm³/mol. The molecule has 1 heterocycles. The highest BCUT2D eigenvalue weighted by Gasteiger charge is 2.16. The molecular formula is C15H26O6S2. The molecule has 0 bridgehead atoms. The zero-order valence-corrected chi connectivity index (χ0v) is 15.4. The van der Waals surface area contributed by atoms with E-state index in [0.717, 1.165) is 18.1 Å². The normalized spacial score (nSPS) is 18.4. The lowest BCUT2D eigenvalue weighted by atomic mass is 10.1. The number of hydrogen-bond acceptors (Lipinski definition) is 8. The molecule has 0 aromatic heterocycles. The molecule has 0 amide bonds. The lowest BCUT2D eigenvalue weighted by Gasteiger charge is -2.11. The SMILES string of the molecule is COC(C)OC(=O)OCCCOC(=O)CCCCC1CCSS1. The minimum atomic E-state index is -0.784. The van der Waals surface area contributed by atoms with Gasteiger partial charge in [0.25, 0.3) is 0 Å². The summed E-state index contributed by atoms with van der Waals surface area (Å²) in [6.45, 7) is 1.99. The summed E-state index contributed by atoms with van der Waals surface area (Å²) in [5, 5.41) is 0.758. The third-order valence-corrected chi connectivity index (χ3v) is 6.26. The minimum absolute atomic E-state index is 0.152. The summed E-state index contributed by atoms with van der Waals surface area (Å²) in [6.07, 6.45) is 3.90. The average Bonchev–Trinajstić information content (AvgIpc) is 3.04. The number of carbonyl (C=O) groups excluding carboxylic acids is 2. The Morgan fingerprint density at radius 3 is 2.65 bits per heavy atom. The lowest BCUT2D eigenvalue weighted by molar-refractivity contribution is -0.144.